The van der Waals surface area contributed by atoms with Crippen molar-refractivity contribution in [1.29, 1.82) is 0 Å². The van der Waals surface area contributed by atoms with Gasteiger partial charge in [-0.3, -0.25) is 4.68 Å². The van der Waals surface area contributed by atoms with Gasteiger partial charge < -0.3 is 5.32 Å². The van der Waals surface area contributed by atoms with Crippen LogP contribution in [0.15, 0.2) is 0 Å². The van der Waals surface area contributed by atoms with E-state index in [0.29, 0.717) is 12.0 Å². The molecule has 1 fully saturated rings. The van der Waals surface area contributed by atoms with Gasteiger partial charge in [0.1, 0.15) is 5.82 Å². The van der Waals surface area contributed by atoms with E-state index >= 15 is 0 Å². The molecular weight excluding hydrogens is 200 g/mol. The largest absolute Gasteiger partial charge is 0.308 e. The molecule has 0 amide bonds. The smallest absolute Gasteiger partial charge is 0.154 e. The first-order valence-corrected chi connectivity index (χ1v) is 6.30. The van der Waals surface area contributed by atoms with E-state index in [0.717, 1.165) is 18.2 Å². The van der Waals surface area contributed by atoms with E-state index < -0.39 is 0 Å². The fourth-order valence-electron chi connectivity index (χ4n) is 2.24. The van der Waals surface area contributed by atoms with Gasteiger partial charge >= 0.3 is 0 Å². The van der Waals surface area contributed by atoms with E-state index in [9.17, 15) is 0 Å². The minimum absolute atomic E-state index is 0.492. The molecule has 0 unspecified atom stereocenters. The van der Waals surface area contributed by atoms with Gasteiger partial charge in [0.15, 0.2) is 5.82 Å². The molecule has 0 saturated heterocycles. The van der Waals surface area contributed by atoms with Crippen molar-refractivity contribution in [1.82, 2.24) is 20.1 Å². The summed E-state index contributed by atoms with van der Waals surface area (Å²) in [7, 11) is 1.99. The molecule has 4 heteroatoms. The number of hydrogen-bond donors (Lipinski definition) is 1. The molecule has 4 nitrogen and oxygen atoms in total. The molecule has 0 aliphatic heterocycles. The Morgan fingerprint density at radius 2 is 2.06 bits per heavy atom. The molecule has 1 saturated carbocycles. The van der Waals surface area contributed by atoms with Gasteiger partial charge in [-0.05, 0) is 12.8 Å². The summed E-state index contributed by atoms with van der Waals surface area (Å²) >= 11 is 0. The Bertz CT molecular complexity index is 337. The summed E-state index contributed by atoms with van der Waals surface area (Å²) in [6.07, 6.45) is 5.20. The molecule has 0 aromatic carbocycles. The topological polar surface area (TPSA) is 42.7 Å². The summed E-state index contributed by atoms with van der Waals surface area (Å²) in [4.78, 5) is 4.65. The number of aromatic nitrogens is 3. The van der Waals surface area contributed by atoms with Gasteiger partial charge in [0.2, 0.25) is 0 Å². The van der Waals surface area contributed by atoms with Gasteiger partial charge in [0.25, 0.3) is 0 Å². The number of nitrogens with one attached hydrogen (secondary N) is 1. The third kappa shape index (κ3) is 2.61. The van der Waals surface area contributed by atoms with Crippen LogP contribution in [-0.4, -0.2) is 20.8 Å². The minimum Gasteiger partial charge on any atom is -0.308 e. The van der Waals surface area contributed by atoms with E-state index in [1.54, 1.807) is 0 Å². The Hall–Kier alpha value is -0.900. The first-order valence-electron chi connectivity index (χ1n) is 6.30. The zero-order valence-electron chi connectivity index (χ0n) is 10.5. The summed E-state index contributed by atoms with van der Waals surface area (Å²) < 4.78 is 1.92. The van der Waals surface area contributed by atoms with Crippen LogP contribution in [0.1, 0.15) is 57.1 Å². The second kappa shape index (κ2) is 4.95. The molecule has 1 N–H and O–H groups in total. The standard InChI is InChI=1S/C12H22N4/c1-9(2)13-8-11-14-12(15-16(11)3)10-6-4-5-7-10/h9-10,13H,4-8H2,1-3H3. The lowest BCUT2D eigenvalue weighted by molar-refractivity contribution is 0.551. The fourth-order valence-corrected chi connectivity index (χ4v) is 2.24. The van der Waals surface area contributed by atoms with Crippen molar-refractivity contribution in [3.63, 3.8) is 0 Å². The van der Waals surface area contributed by atoms with Crippen LogP contribution in [0.25, 0.3) is 0 Å². The number of nitrogens with zero attached hydrogens (tertiary/aromatic N) is 3. The zero-order chi connectivity index (χ0) is 11.5. The predicted octanol–water partition coefficient (Wildman–Crippen LogP) is 1.97. The lowest BCUT2D eigenvalue weighted by Gasteiger charge is -2.06. The molecule has 1 aromatic rings. The molecule has 0 bridgehead atoms. The second-order valence-corrected chi connectivity index (χ2v) is 5.03. The first-order chi connectivity index (χ1) is 7.66. The van der Waals surface area contributed by atoms with Crippen molar-refractivity contribution >= 4 is 0 Å². The van der Waals surface area contributed by atoms with E-state index in [4.69, 9.17) is 0 Å². The van der Waals surface area contributed by atoms with Crippen molar-refractivity contribution < 1.29 is 0 Å². The Labute approximate surface area is 97.5 Å². The summed E-state index contributed by atoms with van der Waals surface area (Å²) in [5.41, 5.74) is 0. The van der Waals surface area contributed by atoms with Crippen LogP contribution in [0.3, 0.4) is 0 Å². The molecule has 1 heterocycles. The van der Waals surface area contributed by atoms with Crippen molar-refractivity contribution in [3.8, 4) is 0 Å². The Kier molecular flexibility index (Phi) is 3.59. The van der Waals surface area contributed by atoms with E-state index in [-0.39, 0.29) is 0 Å². The molecule has 90 valence electrons. The van der Waals surface area contributed by atoms with Crippen LogP contribution < -0.4 is 5.32 Å². The highest BCUT2D eigenvalue weighted by atomic mass is 15.3. The average molecular weight is 222 g/mol. The normalized spacial score (nSPS) is 17.5. The molecule has 1 aliphatic carbocycles. The van der Waals surface area contributed by atoms with Crippen LogP contribution in [0.5, 0.6) is 0 Å². The third-order valence-corrected chi connectivity index (χ3v) is 3.26. The average Bonchev–Trinajstić information content (AvgIpc) is 2.83. The van der Waals surface area contributed by atoms with Crippen LogP contribution in [0.4, 0.5) is 0 Å². The summed E-state index contributed by atoms with van der Waals surface area (Å²) in [6.45, 7) is 5.11. The number of aryl methyl sites for hydroxylation is 1. The summed E-state index contributed by atoms with van der Waals surface area (Å²) in [6, 6.07) is 0.492. The van der Waals surface area contributed by atoms with E-state index in [1.807, 2.05) is 11.7 Å². The molecule has 1 aromatic heterocycles. The van der Waals surface area contributed by atoms with Gasteiger partial charge in [-0.15, -0.1) is 0 Å². The minimum atomic E-state index is 0.492. The predicted molar refractivity (Wildman–Crippen MR) is 64.2 cm³/mol. The van der Waals surface area contributed by atoms with Gasteiger partial charge in [0, 0.05) is 19.0 Å². The molecular formula is C12H22N4. The maximum Gasteiger partial charge on any atom is 0.154 e. The molecule has 0 radical (unpaired) electrons. The summed E-state index contributed by atoms with van der Waals surface area (Å²) in [5, 5.41) is 7.92. The van der Waals surface area contributed by atoms with Crippen LogP contribution >= 0.6 is 0 Å². The first kappa shape index (κ1) is 11.6. The van der Waals surface area contributed by atoms with Gasteiger partial charge in [0.05, 0.1) is 6.54 Å². The molecule has 0 atom stereocenters. The highest BCUT2D eigenvalue weighted by Crippen LogP contribution is 2.32. The van der Waals surface area contributed by atoms with Crippen LogP contribution in [0.2, 0.25) is 0 Å². The lowest BCUT2D eigenvalue weighted by atomic mass is 10.1. The molecule has 0 spiro atoms. The van der Waals surface area contributed by atoms with Crippen molar-refractivity contribution in [2.24, 2.45) is 7.05 Å². The number of rotatable bonds is 4. The Morgan fingerprint density at radius 3 is 2.69 bits per heavy atom. The van der Waals surface area contributed by atoms with Gasteiger partial charge in [-0.2, -0.15) is 5.10 Å². The van der Waals surface area contributed by atoms with E-state index in [2.05, 4.69) is 29.2 Å². The van der Waals surface area contributed by atoms with Crippen LogP contribution in [0, 0.1) is 0 Å². The SMILES string of the molecule is CC(C)NCc1nc(C2CCCC2)nn1C. The van der Waals surface area contributed by atoms with E-state index in [1.165, 1.54) is 25.7 Å². The summed E-state index contributed by atoms with van der Waals surface area (Å²) in [5.74, 6) is 2.72. The van der Waals surface area contributed by atoms with Crippen molar-refractivity contribution in [2.45, 2.75) is 58.0 Å². The zero-order valence-corrected chi connectivity index (χ0v) is 10.5. The Balaban J connectivity index is 2.02. The third-order valence-electron chi connectivity index (χ3n) is 3.26. The van der Waals surface area contributed by atoms with Gasteiger partial charge in [-0.1, -0.05) is 26.7 Å². The molecule has 1 aliphatic rings. The van der Waals surface area contributed by atoms with Gasteiger partial charge in [-0.25, -0.2) is 4.98 Å². The monoisotopic (exact) mass is 222 g/mol. The highest BCUT2D eigenvalue weighted by Gasteiger charge is 2.21. The van der Waals surface area contributed by atoms with Crippen molar-refractivity contribution in [2.75, 3.05) is 0 Å². The second-order valence-electron chi connectivity index (χ2n) is 5.03. The molecule has 2 rings (SSSR count). The maximum absolute atomic E-state index is 4.65. The lowest BCUT2D eigenvalue weighted by Crippen LogP contribution is -2.23. The highest BCUT2D eigenvalue weighted by molar-refractivity contribution is 5.01. The van der Waals surface area contributed by atoms with Crippen molar-refractivity contribution in [3.05, 3.63) is 11.6 Å². The number of hydrogen-bond acceptors (Lipinski definition) is 3. The van der Waals surface area contributed by atoms with Crippen LogP contribution in [-0.2, 0) is 13.6 Å². The fraction of sp³-hybridized carbons (Fsp3) is 0.833. The maximum atomic E-state index is 4.65. The quantitative estimate of drug-likeness (QED) is 0.847. The molecule has 16 heavy (non-hydrogen) atoms. The Morgan fingerprint density at radius 1 is 1.38 bits per heavy atom.